The van der Waals surface area contributed by atoms with E-state index < -0.39 is 17.5 Å². The van der Waals surface area contributed by atoms with Crippen molar-refractivity contribution in [1.29, 1.82) is 0 Å². The van der Waals surface area contributed by atoms with Crippen molar-refractivity contribution >= 4 is 34.4 Å². The summed E-state index contributed by atoms with van der Waals surface area (Å²) in [6.45, 7) is 3.96. The van der Waals surface area contributed by atoms with E-state index in [1.54, 1.807) is 31.2 Å². The quantitative estimate of drug-likeness (QED) is 0.836. The molecule has 2 atom stereocenters. The Kier molecular flexibility index (Phi) is 5.40. The molecule has 1 amide bonds. The molecule has 27 heavy (non-hydrogen) atoms. The summed E-state index contributed by atoms with van der Waals surface area (Å²) in [6.07, 6.45) is 0.193. The molecule has 1 aromatic carbocycles. The lowest BCUT2D eigenvalue weighted by molar-refractivity contribution is -0.162. The number of aliphatic hydroxyl groups excluding tert-OH is 1. The van der Waals surface area contributed by atoms with Crippen LogP contribution in [0.2, 0.25) is 5.02 Å². The maximum Gasteiger partial charge on any atom is 0.314 e. The molecule has 0 unspecified atom stereocenters. The van der Waals surface area contributed by atoms with Gasteiger partial charge in [0.25, 0.3) is 5.91 Å². The maximum atomic E-state index is 13.3. The molecule has 2 N–H and O–H groups in total. The van der Waals surface area contributed by atoms with Gasteiger partial charge in [0, 0.05) is 24.2 Å². The highest BCUT2D eigenvalue weighted by molar-refractivity contribution is 6.35. The van der Waals surface area contributed by atoms with Crippen LogP contribution in [0.25, 0.3) is 10.9 Å². The van der Waals surface area contributed by atoms with Crippen LogP contribution < -0.4 is 0 Å². The molecular formula is C20H23ClN2O4. The Hall–Kier alpha value is -2.18. The normalized spacial score (nSPS) is 22.8. The number of amides is 1. The topological polar surface area (TPSA) is 90.7 Å². The second kappa shape index (κ2) is 7.44. The Bertz CT molecular complexity index is 901. The van der Waals surface area contributed by atoms with E-state index >= 15 is 0 Å². The van der Waals surface area contributed by atoms with E-state index in [2.05, 4.69) is 4.98 Å². The molecule has 144 valence electrons. The number of piperidine rings is 1. The summed E-state index contributed by atoms with van der Waals surface area (Å²) in [5.41, 5.74) is 0.330. The number of benzene rings is 1. The zero-order valence-electron chi connectivity index (χ0n) is 15.4. The zero-order valence-corrected chi connectivity index (χ0v) is 16.2. The predicted molar refractivity (Wildman–Crippen MR) is 103 cm³/mol. The van der Waals surface area contributed by atoms with Gasteiger partial charge in [0.05, 0.1) is 22.2 Å². The first-order valence-corrected chi connectivity index (χ1v) is 9.44. The third-order valence-electron chi connectivity index (χ3n) is 5.34. The standard InChI is InChI=1S/C20H23ClN2O4/c1-3-8-20(19(26)27)11-23(9-7-16(20)24)18(25)14-10-12(2)22-17-13(14)5-4-6-15(17)21/h4-6,10,16,24H,3,7-9,11H2,1-2H3,(H,26,27)/t16-,20+/m0/s1. The Morgan fingerprint density at radius 2 is 2.15 bits per heavy atom. The van der Waals surface area contributed by atoms with Crippen LogP contribution in [0.15, 0.2) is 24.3 Å². The zero-order chi connectivity index (χ0) is 19.8. The molecule has 0 saturated carbocycles. The van der Waals surface area contributed by atoms with Crippen LogP contribution in [-0.2, 0) is 4.79 Å². The van der Waals surface area contributed by atoms with Crippen LogP contribution >= 0.6 is 11.6 Å². The third-order valence-corrected chi connectivity index (χ3v) is 5.65. The first-order valence-electron chi connectivity index (χ1n) is 9.06. The first-order chi connectivity index (χ1) is 12.8. The average Bonchev–Trinajstić information content (AvgIpc) is 2.63. The van der Waals surface area contributed by atoms with Crippen LogP contribution in [0, 0.1) is 12.3 Å². The van der Waals surface area contributed by atoms with Crippen LogP contribution in [0.1, 0.15) is 42.2 Å². The van der Waals surface area contributed by atoms with Gasteiger partial charge in [-0.25, -0.2) is 0 Å². The highest BCUT2D eigenvalue weighted by Gasteiger charge is 2.49. The molecule has 6 nitrogen and oxygen atoms in total. The van der Waals surface area contributed by atoms with E-state index in [1.165, 1.54) is 4.90 Å². The second-order valence-electron chi connectivity index (χ2n) is 7.19. The molecule has 3 rings (SSSR count). The monoisotopic (exact) mass is 390 g/mol. The van der Waals surface area contributed by atoms with Crippen molar-refractivity contribution in [1.82, 2.24) is 9.88 Å². The van der Waals surface area contributed by atoms with Gasteiger partial charge in [-0.05, 0) is 31.9 Å². The number of aliphatic carboxylic acids is 1. The molecule has 0 aliphatic carbocycles. The number of halogens is 1. The molecule has 2 aromatic rings. The summed E-state index contributed by atoms with van der Waals surface area (Å²) >= 11 is 6.24. The molecule has 7 heteroatoms. The van der Waals surface area contributed by atoms with Crippen LogP contribution in [0.5, 0.6) is 0 Å². The van der Waals surface area contributed by atoms with Gasteiger partial charge in [-0.2, -0.15) is 0 Å². The Labute approximate surface area is 162 Å². The number of aryl methyl sites for hydroxylation is 1. The number of hydrogen-bond acceptors (Lipinski definition) is 4. The van der Waals surface area contributed by atoms with Gasteiger partial charge in [0.15, 0.2) is 0 Å². The summed E-state index contributed by atoms with van der Waals surface area (Å²) < 4.78 is 0. The summed E-state index contributed by atoms with van der Waals surface area (Å²) in [5, 5.41) is 21.3. The van der Waals surface area contributed by atoms with E-state index in [1.807, 2.05) is 6.92 Å². The van der Waals surface area contributed by atoms with Gasteiger partial charge in [-0.3, -0.25) is 14.6 Å². The Morgan fingerprint density at radius 1 is 1.41 bits per heavy atom. The number of para-hydroxylation sites is 1. The highest BCUT2D eigenvalue weighted by Crippen LogP contribution is 2.36. The molecule has 1 aliphatic rings. The molecular weight excluding hydrogens is 368 g/mol. The molecule has 0 bridgehead atoms. The van der Waals surface area contributed by atoms with Crippen LogP contribution in [-0.4, -0.2) is 51.2 Å². The van der Waals surface area contributed by atoms with Gasteiger partial charge < -0.3 is 15.1 Å². The van der Waals surface area contributed by atoms with E-state index in [0.29, 0.717) is 46.6 Å². The number of aliphatic hydroxyl groups is 1. The third kappa shape index (κ3) is 3.39. The number of rotatable bonds is 4. The Morgan fingerprint density at radius 3 is 2.81 bits per heavy atom. The largest absolute Gasteiger partial charge is 0.481 e. The molecule has 1 saturated heterocycles. The fourth-order valence-corrected chi connectivity index (χ4v) is 4.17. The lowest BCUT2D eigenvalue weighted by atomic mass is 9.74. The minimum Gasteiger partial charge on any atom is -0.481 e. The molecule has 0 spiro atoms. The number of carboxylic acids is 1. The van der Waals surface area contributed by atoms with Gasteiger partial charge in [0.2, 0.25) is 0 Å². The van der Waals surface area contributed by atoms with E-state index in [0.717, 1.165) is 0 Å². The van der Waals surface area contributed by atoms with Gasteiger partial charge >= 0.3 is 5.97 Å². The number of carboxylic acid groups (broad SMARTS) is 1. The first kappa shape index (κ1) is 19.6. The number of fused-ring (bicyclic) bond motifs is 1. The minimum absolute atomic E-state index is 0.0143. The second-order valence-corrected chi connectivity index (χ2v) is 7.60. The van der Waals surface area contributed by atoms with Crippen LogP contribution in [0.4, 0.5) is 0 Å². The molecule has 2 heterocycles. The average molecular weight is 391 g/mol. The summed E-state index contributed by atoms with van der Waals surface area (Å²) in [6, 6.07) is 6.97. The number of pyridine rings is 1. The minimum atomic E-state index is -1.34. The van der Waals surface area contributed by atoms with Gasteiger partial charge in [0.1, 0.15) is 5.41 Å². The highest BCUT2D eigenvalue weighted by atomic mass is 35.5. The van der Waals surface area contributed by atoms with Crippen LogP contribution in [0.3, 0.4) is 0 Å². The summed E-state index contributed by atoms with van der Waals surface area (Å²) in [7, 11) is 0. The number of carbonyl (C=O) groups excluding carboxylic acids is 1. The lowest BCUT2D eigenvalue weighted by Crippen LogP contribution is -2.57. The van der Waals surface area contributed by atoms with Gasteiger partial charge in [-0.1, -0.05) is 37.1 Å². The fraction of sp³-hybridized carbons (Fsp3) is 0.450. The van der Waals surface area contributed by atoms with Crippen molar-refractivity contribution in [2.24, 2.45) is 5.41 Å². The molecule has 1 fully saturated rings. The number of aromatic nitrogens is 1. The number of likely N-dealkylation sites (tertiary alicyclic amines) is 1. The van der Waals surface area contributed by atoms with Crippen molar-refractivity contribution in [3.63, 3.8) is 0 Å². The van der Waals surface area contributed by atoms with E-state index in [-0.39, 0.29) is 18.9 Å². The maximum absolute atomic E-state index is 13.3. The Balaban J connectivity index is 2.03. The number of carbonyl (C=O) groups is 2. The summed E-state index contributed by atoms with van der Waals surface area (Å²) in [5.74, 6) is -1.32. The molecule has 0 radical (unpaired) electrons. The lowest BCUT2D eigenvalue weighted by Gasteiger charge is -2.43. The van der Waals surface area contributed by atoms with E-state index in [9.17, 15) is 19.8 Å². The molecule has 1 aromatic heterocycles. The summed E-state index contributed by atoms with van der Waals surface area (Å²) in [4.78, 5) is 31.2. The van der Waals surface area contributed by atoms with Gasteiger partial charge in [-0.15, -0.1) is 0 Å². The molecule has 1 aliphatic heterocycles. The fourth-order valence-electron chi connectivity index (χ4n) is 3.95. The van der Waals surface area contributed by atoms with E-state index in [4.69, 9.17) is 11.6 Å². The smallest absolute Gasteiger partial charge is 0.314 e. The van der Waals surface area contributed by atoms with Crippen molar-refractivity contribution in [3.8, 4) is 0 Å². The number of nitrogens with zero attached hydrogens (tertiary/aromatic N) is 2. The predicted octanol–water partition coefficient (Wildman–Crippen LogP) is 3.27. The SMILES string of the molecule is CCC[C@@]1(C(=O)O)CN(C(=O)c2cc(C)nc3c(Cl)cccc23)CC[C@@H]1O. The van der Waals surface area contributed by atoms with Crippen molar-refractivity contribution < 1.29 is 19.8 Å². The van der Waals surface area contributed by atoms with Crippen molar-refractivity contribution in [2.45, 2.75) is 39.2 Å². The van der Waals surface area contributed by atoms with Crippen molar-refractivity contribution in [2.75, 3.05) is 13.1 Å². The van der Waals surface area contributed by atoms with Crippen molar-refractivity contribution in [3.05, 3.63) is 40.5 Å². The number of hydrogen-bond donors (Lipinski definition) is 2.